The molecule has 1 amide bonds. The highest BCUT2D eigenvalue weighted by Gasteiger charge is 2.42. The SMILES string of the molecule is CCOC(=O)[C@H](CO)NC(=O)[C@H](CCCC1(C(C)(C)C)CCCCC1)CC(=O)O. The third kappa shape index (κ3) is 7.61. The largest absolute Gasteiger partial charge is 0.481 e. The maximum atomic E-state index is 12.6. The Kier molecular flexibility index (Phi) is 10.1. The van der Waals surface area contributed by atoms with E-state index in [9.17, 15) is 24.6 Å². The molecule has 7 nitrogen and oxygen atoms in total. The van der Waals surface area contributed by atoms with Crippen LogP contribution in [0.1, 0.15) is 85.5 Å². The Morgan fingerprint density at radius 2 is 1.76 bits per heavy atom. The van der Waals surface area contributed by atoms with Gasteiger partial charge in [0.1, 0.15) is 0 Å². The zero-order chi connectivity index (χ0) is 22.1. The number of rotatable bonds is 11. The van der Waals surface area contributed by atoms with Gasteiger partial charge in [0.15, 0.2) is 6.04 Å². The third-order valence-electron chi connectivity index (χ3n) is 6.47. The first kappa shape index (κ1) is 25.4. The second kappa shape index (κ2) is 11.5. The first-order chi connectivity index (χ1) is 13.6. The number of carboxylic acid groups (broad SMARTS) is 1. The lowest BCUT2D eigenvalue weighted by molar-refractivity contribution is -0.149. The first-order valence-corrected chi connectivity index (χ1v) is 10.9. The summed E-state index contributed by atoms with van der Waals surface area (Å²) in [5.74, 6) is -3.03. The van der Waals surface area contributed by atoms with E-state index in [1.165, 1.54) is 32.1 Å². The van der Waals surface area contributed by atoms with Crippen LogP contribution < -0.4 is 5.32 Å². The van der Waals surface area contributed by atoms with Crippen molar-refractivity contribution in [1.29, 1.82) is 0 Å². The quantitative estimate of drug-likeness (QED) is 0.448. The fourth-order valence-electron chi connectivity index (χ4n) is 4.54. The summed E-state index contributed by atoms with van der Waals surface area (Å²) in [5, 5.41) is 21.1. The van der Waals surface area contributed by atoms with Gasteiger partial charge in [-0.1, -0.05) is 46.5 Å². The molecular formula is C22H39NO6. The van der Waals surface area contributed by atoms with E-state index in [-0.39, 0.29) is 23.9 Å². The molecule has 0 unspecified atom stereocenters. The second-order valence-corrected chi connectivity index (χ2v) is 9.27. The Bertz CT molecular complexity index is 548. The fraction of sp³-hybridized carbons (Fsp3) is 0.864. The van der Waals surface area contributed by atoms with E-state index >= 15 is 0 Å². The minimum Gasteiger partial charge on any atom is -0.481 e. The maximum absolute atomic E-state index is 12.6. The van der Waals surface area contributed by atoms with Crippen molar-refractivity contribution in [1.82, 2.24) is 5.32 Å². The van der Waals surface area contributed by atoms with Gasteiger partial charge < -0.3 is 20.3 Å². The van der Waals surface area contributed by atoms with Gasteiger partial charge in [-0.25, -0.2) is 4.79 Å². The van der Waals surface area contributed by atoms with Crippen LogP contribution in [0, 0.1) is 16.7 Å². The van der Waals surface area contributed by atoms with Gasteiger partial charge in [-0.05, 0) is 43.4 Å². The van der Waals surface area contributed by atoms with Crippen molar-refractivity contribution in [2.75, 3.05) is 13.2 Å². The van der Waals surface area contributed by atoms with Crippen molar-refractivity contribution in [2.24, 2.45) is 16.7 Å². The Hall–Kier alpha value is -1.63. The molecule has 29 heavy (non-hydrogen) atoms. The molecule has 0 aromatic rings. The summed E-state index contributed by atoms with van der Waals surface area (Å²) < 4.78 is 4.84. The lowest BCUT2D eigenvalue weighted by Crippen LogP contribution is -2.47. The fourth-order valence-corrected chi connectivity index (χ4v) is 4.54. The van der Waals surface area contributed by atoms with E-state index in [1.54, 1.807) is 6.92 Å². The molecule has 168 valence electrons. The molecule has 0 aromatic heterocycles. The molecule has 0 aliphatic heterocycles. The summed E-state index contributed by atoms with van der Waals surface area (Å²) in [6.45, 7) is 7.99. The van der Waals surface area contributed by atoms with E-state index in [0.717, 1.165) is 12.8 Å². The molecule has 1 aliphatic carbocycles. The minimum absolute atomic E-state index is 0.138. The number of aliphatic carboxylic acids is 1. The van der Waals surface area contributed by atoms with Crippen molar-refractivity contribution >= 4 is 17.8 Å². The molecule has 1 rings (SSSR count). The molecule has 0 heterocycles. The predicted molar refractivity (Wildman–Crippen MR) is 110 cm³/mol. The lowest BCUT2D eigenvalue weighted by atomic mass is 9.57. The Morgan fingerprint density at radius 1 is 1.14 bits per heavy atom. The first-order valence-electron chi connectivity index (χ1n) is 10.9. The molecule has 0 radical (unpaired) electrons. The van der Waals surface area contributed by atoms with Gasteiger partial charge in [0.05, 0.1) is 19.6 Å². The number of aliphatic hydroxyl groups is 1. The van der Waals surface area contributed by atoms with Gasteiger partial charge in [-0.15, -0.1) is 0 Å². The number of carbonyl (C=O) groups excluding carboxylic acids is 2. The van der Waals surface area contributed by atoms with Crippen LogP contribution >= 0.6 is 0 Å². The smallest absolute Gasteiger partial charge is 0.331 e. The highest BCUT2D eigenvalue weighted by molar-refractivity contribution is 5.87. The van der Waals surface area contributed by atoms with Crippen LogP contribution in [0.3, 0.4) is 0 Å². The summed E-state index contributed by atoms with van der Waals surface area (Å²) in [6.07, 6.45) is 7.89. The van der Waals surface area contributed by atoms with E-state index in [1.807, 2.05) is 0 Å². The number of nitrogens with one attached hydrogen (secondary N) is 1. The molecule has 2 atom stereocenters. The summed E-state index contributed by atoms with van der Waals surface area (Å²) >= 11 is 0. The topological polar surface area (TPSA) is 113 Å². The molecule has 1 aliphatic rings. The van der Waals surface area contributed by atoms with Gasteiger partial charge in [0.25, 0.3) is 0 Å². The normalized spacial score (nSPS) is 18.5. The van der Waals surface area contributed by atoms with Crippen molar-refractivity contribution < 1.29 is 29.3 Å². The van der Waals surface area contributed by atoms with Crippen LogP contribution in [0.25, 0.3) is 0 Å². The van der Waals surface area contributed by atoms with Gasteiger partial charge in [0, 0.05) is 5.92 Å². The Labute approximate surface area is 174 Å². The molecule has 3 N–H and O–H groups in total. The molecule has 0 spiro atoms. The Balaban J connectivity index is 2.76. The Morgan fingerprint density at radius 3 is 2.24 bits per heavy atom. The number of hydrogen-bond acceptors (Lipinski definition) is 5. The van der Waals surface area contributed by atoms with Crippen LogP contribution in [0.5, 0.6) is 0 Å². The number of hydrogen-bond donors (Lipinski definition) is 3. The monoisotopic (exact) mass is 413 g/mol. The summed E-state index contributed by atoms with van der Waals surface area (Å²) in [6, 6.07) is -1.17. The number of carbonyl (C=O) groups is 3. The number of esters is 1. The maximum Gasteiger partial charge on any atom is 0.331 e. The second-order valence-electron chi connectivity index (χ2n) is 9.27. The average Bonchev–Trinajstić information content (AvgIpc) is 2.64. The number of amides is 1. The van der Waals surface area contributed by atoms with E-state index in [2.05, 4.69) is 26.1 Å². The lowest BCUT2D eigenvalue weighted by Gasteiger charge is -2.48. The zero-order valence-corrected chi connectivity index (χ0v) is 18.5. The molecule has 0 bridgehead atoms. The molecule has 7 heteroatoms. The zero-order valence-electron chi connectivity index (χ0n) is 18.5. The predicted octanol–water partition coefficient (Wildman–Crippen LogP) is 3.28. The van der Waals surface area contributed by atoms with E-state index in [0.29, 0.717) is 6.42 Å². The standard InChI is InChI=1S/C22H39NO6/c1-5-29-20(28)17(15-24)23-19(27)16(14-18(25)26)10-9-13-22(21(2,3)4)11-7-6-8-12-22/h16-17,24H,5-15H2,1-4H3,(H,23,27)(H,25,26)/t16-,17+/m1/s1. The van der Waals surface area contributed by atoms with Crippen molar-refractivity contribution in [2.45, 2.75) is 91.5 Å². The minimum atomic E-state index is -1.17. The molecule has 1 saturated carbocycles. The molecule has 0 saturated heterocycles. The van der Waals surface area contributed by atoms with Gasteiger partial charge in [-0.2, -0.15) is 0 Å². The van der Waals surface area contributed by atoms with Gasteiger partial charge >= 0.3 is 11.9 Å². The summed E-state index contributed by atoms with van der Waals surface area (Å²) in [4.78, 5) is 35.7. The molecular weight excluding hydrogens is 374 g/mol. The van der Waals surface area contributed by atoms with Crippen molar-refractivity contribution in [3.8, 4) is 0 Å². The highest BCUT2D eigenvalue weighted by atomic mass is 16.5. The van der Waals surface area contributed by atoms with Crippen molar-refractivity contribution in [3.05, 3.63) is 0 Å². The number of carboxylic acids is 1. The van der Waals surface area contributed by atoms with E-state index in [4.69, 9.17) is 4.74 Å². The third-order valence-corrected chi connectivity index (χ3v) is 6.47. The number of aliphatic hydroxyl groups excluding tert-OH is 1. The molecule has 1 fully saturated rings. The van der Waals surface area contributed by atoms with Crippen LogP contribution in [-0.4, -0.2) is 47.3 Å². The average molecular weight is 414 g/mol. The molecule has 0 aromatic carbocycles. The van der Waals surface area contributed by atoms with Crippen LogP contribution in [0.4, 0.5) is 0 Å². The van der Waals surface area contributed by atoms with Crippen LogP contribution in [-0.2, 0) is 19.1 Å². The summed E-state index contributed by atoms with van der Waals surface area (Å²) in [7, 11) is 0. The van der Waals surface area contributed by atoms with Crippen molar-refractivity contribution in [3.63, 3.8) is 0 Å². The van der Waals surface area contributed by atoms with Gasteiger partial charge in [0.2, 0.25) is 5.91 Å². The van der Waals surface area contributed by atoms with Crippen LogP contribution in [0.2, 0.25) is 0 Å². The van der Waals surface area contributed by atoms with E-state index < -0.39 is 36.4 Å². The number of ether oxygens (including phenoxy) is 1. The van der Waals surface area contributed by atoms with Gasteiger partial charge in [-0.3, -0.25) is 9.59 Å². The highest BCUT2D eigenvalue weighted by Crippen LogP contribution is 2.52. The summed E-state index contributed by atoms with van der Waals surface area (Å²) in [5.41, 5.74) is 0.373. The van der Waals surface area contributed by atoms with Crippen LogP contribution in [0.15, 0.2) is 0 Å².